The second kappa shape index (κ2) is 4.05. The molecule has 2 aromatic carbocycles. The SMILES string of the molecule is Cc1cccc(N2CN(C)c3ccccc32)c1C. The van der Waals surface area contributed by atoms with E-state index < -0.39 is 0 Å². The van der Waals surface area contributed by atoms with Gasteiger partial charge in [-0.1, -0.05) is 24.3 Å². The summed E-state index contributed by atoms with van der Waals surface area (Å²) >= 11 is 0. The van der Waals surface area contributed by atoms with Crippen LogP contribution in [0.25, 0.3) is 0 Å². The van der Waals surface area contributed by atoms with Crippen molar-refractivity contribution in [2.75, 3.05) is 23.5 Å². The van der Waals surface area contributed by atoms with Crippen LogP contribution in [-0.2, 0) is 0 Å². The molecule has 1 heterocycles. The second-order valence-corrected chi connectivity index (χ2v) is 4.98. The van der Waals surface area contributed by atoms with E-state index >= 15 is 0 Å². The van der Waals surface area contributed by atoms with E-state index in [-0.39, 0.29) is 0 Å². The van der Waals surface area contributed by atoms with Crippen LogP contribution in [0.2, 0.25) is 0 Å². The van der Waals surface area contributed by atoms with Crippen molar-refractivity contribution in [2.45, 2.75) is 13.8 Å². The van der Waals surface area contributed by atoms with Gasteiger partial charge in [0.25, 0.3) is 0 Å². The van der Waals surface area contributed by atoms with E-state index in [4.69, 9.17) is 0 Å². The van der Waals surface area contributed by atoms with E-state index in [1.165, 1.54) is 28.2 Å². The van der Waals surface area contributed by atoms with Crippen LogP contribution in [0.3, 0.4) is 0 Å². The van der Waals surface area contributed by atoms with Crippen LogP contribution in [0, 0.1) is 13.8 Å². The molecule has 0 fully saturated rings. The number of hydrogen-bond donors (Lipinski definition) is 0. The van der Waals surface area contributed by atoms with Crippen LogP contribution in [0.15, 0.2) is 42.5 Å². The first-order valence-electron chi connectivity index (χ1n) is 6.32. The summed E-state index contributed by atoms with van der Waals surface area (Å²) in [4.78, 5) is 4.68. The Morgan fingerprint density at radius 3 is 2.28 bits per heavy atom. The molecule has 0 saturated heterocycles. The van der Waals surface area contributed by atoms with Gasteiger partial charge in [-0.3, -0.25) is 0 Å². The van der Waals surface area contributed by atoms with E-state index in [0.717, 1.165) is 6.67 Å². The van der Waals surface area contributed by atoms with Gasteiger partial charge in [-0.05, 0) is 43.2 Å². The van der Waals surface area contributed by atoms with Gasteiger partial charge in [-0.15, -0.1) is 0 Å². The number of para-hydroxylation sites is 2. The molecule has 0 radical (unpaired) electrons. The maximum absolute atomic E-state index is 2.39. The first-order chi connectivity index (χ1) is 8.68. The predicted octanol–water partition coefficient (Wildman–Crippen LogP) is 3.85. The van der Waals surface area contributed by atoms with E-state index in [1.807, 2.05) is 0 Å². The molecule has 1 aliphatic rings. The van der Waals surface area contributed by atoms with E-state index in [0.29, 0.717) is 0 Å². The van der Waals surface area contributed by atoms with Gasteiger partial charge in [-0.2, -0.15) is 0 Å². The van der Waals surface area contributed by atoms with Gasteiger partial charge in [0, 0.05) is 12.7 Å². The summed E-state index contributed by atoms with van der Waals surface area (Å²) in [5.41, 5.74) is 6.63. The van der Waals surface area contributed by atoms with Crippen molar-refractivity contribution in [2.24, 2.45) is 0 Å². The lowest BCUT2D eigenvalue weighted by Crippen LogP contribution is -2.24. The molecule has 0 bridgehead atoms. The smallest absolute Gasteiger partial charge is 0.0950 e. The lowest BCUT2D eigenvalue weighted by Gasteiger charge is -2.22. The van der Waals surface area contributed by atoms with Gasteiger partial charge >= 0.3 is 0 Å². The highest BCUT2D eigenvalue weighted by Gasteiger charge is 2.24. The number of hydrogen-bond acceptors (Lipinski definition) is 2. The molecule has 0 amide bonds. The Bertz CT molecular complexity index is 589. The average Bonchev–Trinajstić information content (AvgIpc) is 2.71. The van der Waals surface area contributed by atoms with Crippen molar-refractivity contribution >= 4 is 17.1 Å². The van der Waals surface area contributed by atoms with Gasteiger partial charge in [0.15, 0.2) is 0 Å². The Balaban J connectivity index is 2.12. The zero-order valence-corrected chi connectivity index (χ0v) is 11.1. The average molecular weight is 238 g/mol. The van der Waals surface area contributed by atoms with Crippen molar-refractivity contribution in [1.82, 2.24) is 0 Å². The molecule has 0 aromatic heterocycles. The zero-order valence-electron chi connectivity index (χ0n) is 11.1. The van der Waals surface area contributed by atoms with Crippen LogP contribution >= 0.6 is 0 Å². The molecule has 2 heteroatoms. The fraction of sp³-hybridized carbons (Fsp3) is 0.250. The predicted molar refractivity (Wildman–Crippen MR) is 77.8 cm³/mol. The molecule has 2 nitrogen and oxygen atoms in total. The molecule has 2 aromatic rings. The van der Waals surface area contributed by atoms with Crippen molar-refractivity contribution in [3.8, 4) is 0 Å². The van der Waals surface area contributed by atoms with Crippen LogP contribution < -0.4 is 9.80 Å². The summed E-state index contributed by atoms with van der Waals surface area (Å²) in [6.07, 6.45) is 0. The highest BCUT2D eigenvalue weighted by molar-refractivity contribution is 5.83. The Morgan fingerprint density at radius 1 is 0.833 bits per heavy atom. The van der Waals surface area contributed by atoms with E-state index in [1.54, 1.807) is 0 Å². The maximum atomic E-state index is 2.39. The molecule has 3 rings (SSSR count). The Morgan fingerprint density at radius 2 is 1.50 bits per heavy atom. The number of benzene rings is 2. The Kier molecular flexibility index (Phi) is 2.51. The molecule has 92 valence electrons. The van der Waals surface area contributed by atoms with Gasteiger partial charge in [-0.25, -0.2) is 0 Å². The molecule has 0 spiro atoms. The quantitative estimate of drug-likeness (QED) is 0.744. The minimum Gasteiger partial charge on any atom is -0.355 e. The largest absolute Gasteiger partial charge is 0.355 e. The van der Waals surface area contributed by atoms with Gasteiger partial charge in [0.1, 0.15) is 0 Å². The summed E-state index contributed by atoms with van der Waals surface area (Å²) in [6, 6.07) is 15.1. The number of aryl methyl sites for hydroxylation is 1. The highest BCUT2D eigenvalue weighted by atomic mass is 15.4. The topological polar surface area (TPSA) is 6.48 Å². The minimum absolute atomic E-state index is 0.920. The zero-order chi connectivity index (χ0) is 12.7. The van der Waals surface area contributed by atoms with Crippen molar-refractivity contribution in [1.29, 1.82) is 0 Å². The number of nitrogens with zero attached hydrogens (tertiary/aromatic N) is 2. The molecule has 0 saturated carbocycles. The summed E-state index contributed by atoms with van der Waals surface area (Å²) in [7, 11) is 2.14. The van der Waals surface area contributed by atoms with E-state index in [9.17, 15) is 0 Å². The van der Waals surface area contributed by atoms with Crippen LogP contribution in [0.5, 0.6) is 0 Å². The third kappa shape index (κ3) is 1.57. The molecular formula is C16H18N2. The normalized spacial score (nSPS) is 13.9. The highest BCUT2D eigenvalue weighted by Crippen LogP contribution is 2.40. The van der Waals surface area contributed by atoms with Crippen molar-refractivity contribution < 1.29 is 0 Å². The van der Waals surface area contributed by atoms with Gasteiger partial charge in [0.2, 0.25) is 0 Å². The molecule has 0 aliphatic carbocycles. The third-order valence-electron chi connectivity index (χ3n) is 3.80. The summed E-state index contributed by atoms with van der Waals surface area (Å²) in [5, 5.41) is 0. The maximum Gasteiger partial charge on any atom is 0.0950 e. The first-order valence-corrected chi connectivity index (χ1v) is 6.32. The first kappa shape index (κ1) is 11.1. The fourth-order valence-electron chi connectivity index (χ4n) is 2.61. The Labute approximate surface area is 108 Å². The fourth-order valence-corrected chi connectivity index (χ4v) is 2.61. The van der Waals surface area contributed by atoms with Crippen molar-refractivity contribution in [3.63, 3.8) is 0 Å². The van der Waals surface area contributed by atoms with Crippen LogP contribution in [-0.4, -0.2) is 13.7 Å². The molecule has 0 N–H and O–H groups in total. The molecular weight excluding hydrogens is 220 g/mol. The minimum atomic E-state index is 0.920. The van der Waals surface area contributed by atoms with Crippen molar-refractivity contribution in [3.05, 3.63) is 53.6 Å². The molecule has 1 aliphatic heterocycles. The van der Waals surface area contributed by atoms with Gasteiger partial charge < -0.3 is 9.80 Å². The molecule has 0 atom stereocenters. The second-order valence-electron chi connectivity index (χ2n) is 4.98. The van der Waals surface area contributed by atoms with E-state index in [2.05, 4.69) is 73.2 Å². The Hall–Kier alpha value is -1.96. The summed E-state index contributed by atoms with van der Waals surface area (Å²) in [5.74, 6) is 0. The number of anilines is 3. The van der Waals surface area contributed by atoms with Crippen LogP contribution in [0.4, 0.5) is 17.1 Å². The number of rotatable bonds is 1. The summed E-state index contributed by atoms with van der Waals surface area (Å²) < 4.78 is 0. The lowest BCUT2D eigenvalue weighted by molar-refractivity contribution is 0.945. The standard InChI is InChI=1S/C16H18N2/c1-12-7-6-10-14(13(12)2)18-11-17(3)15-8-4-5-9-16(15)18/h4-10H,11H2,1-3H3. The molecule has 0 unspecified atom stereocenters. The number of fused-ring (bicyclic) bond motifs is 1. The molecule has 18 heavy (non-hydrogen) atoms. The third-order valence-corrected chi connectivity index (χ3v) is 3.80. The monoisotopic (exact) mass is 238 g/mol. The van der Waals surface area contributed by atoms with Crippen LogP contribution in [0.1, 0.15) is 11.1 Å². The summed E-state index contributed by atoms with van der Waals surface area (Å²) in [6.45, 7) is 5.29. The van der Waals surface area contributed by atoms with Gasteiger partial charge in [0.05, 0.1) is 18.0 Å². The lowest BCUT2D eigenvalue weighted by atomic mass is 10.1.